The molecule has 4 aliphatic rings. The maximum atomic E-state index is 17.0. The van der Waals surface area contributed by atoms with E-state index in [9.17, 15) is 24.3 Å². The van der Waals surface area contributed by atoms with Gasteiger partial charge in [-0.2, -0.15) is 0 Å². The van der Waals surface area contributed by atoms with Crippen LogP contribution >= 0.6 is 0 Å². The van der Waals surface area contributed by atoms with E-state index in [-0.39, 0.29) is 25.0 Å². The summed E-state index contributed by atoms with van der Waals surface area (Å²) in [5.41, 5.74) is -5.03. The number of ether oxygens (including phenoxy) is 2. The summed E-state index contributed by atoms with van der Waals surface area (Å²) in [6, 6.07) is 0. The van der Waals surface area contributed by atoms with Gasteiger partial charge in [-0.3, -0.25) is 19.2 Å². The number of hydrogen-bond donors (Lipinski definition) is 1. The van der Waals surface area contributed by atoms with Gasteiger partial charge in [0.1, 0.15) is 18.1 Å². The number of halogens is 1. The van der Waals surface area contributed by atoms with Crippen molar-refractivity contribution in [2.24, 2.45) is 22.7 Å². The zero-order valence-corrected chi connectivity index (χ0v) is 21.5. The number of Topliss-reactive ketones (excluding diaryl/α,β-unsaturated/α-hetero) is 1. The molecule has 4 aliphatic carbocycles. The number of aliphatic hydroxyl groups is 1. The van der Waals surface area contributed by atoms with Gasteiger partial charge in [-0.1, -0.05) is 18.6 Å². The minimum atomic E-state index is -2.10. The first kappa shape index (κ1) is 27.9. The van der Waals surface area contributed by atoms with Gasteiger partial charge in [-0.15, -0.1) is 0 Å². The molecule has 9 heteroatoms. The molecule has 198 valence electrons. The zero-order chi connectivity index (χ0) is 27.1. The van der Waals surface area contributed by atoms with Crippen LogP contribution in [0.2, 0.25) is 0 Å². The summed E-state index contributed by atoms with van der Waals surface area (Å²) in [6.07, 6.45) is 5.57. The number of carbonyl (C=O) groups excluding carboxylic acids is 5. The van der Waals surface area contributed by atoms with Crippen LogP contribution in [0.25, 0.3) is 0 Å². The number of aldehydes is 1. The molecule has 0 aliphatic heterocycles. The average Bonchev–Trinajstić information content (AvgIpc) is 3.01. The summed E-state index contributed by atoms with van der Waals surface area (Å²) < 4.78 is 27.3. The zero-order valence-electron chi connectivity index (χ0n) is 21.5. The highest BCUT2D eigenvalue weighted by molar-refractivity contribution is 6.01. The Labute approximate surface area is 210 Å². The largest absolute Gasteiger partial charge is 0.459 e. The smallest absolute Gasteiger partial charge is 0.303 e. The minimum Gasteiger partial charge on any atom is -0.459 e. The Morgan fingerprint density at radius 2 is 1.81 bits per heavy atom. The third-order valence-corrected chi connectivity index (χ3v) is 9.00. The lowest BCUT2D eigenvalue weighted by Gasteiger charge is -2.60. The van der Waals surface area contributed by atoms with Crippen molar-refractivity contribution in [1.82, 2.24) is 0 Å². The van der Waals surface area contributed by atoms with Crippen LogP contribution in [0.4, 0.5) is 4.39 Å². The molecule has 0 radical (unpaired) electrons. The van der Waals surface area contributed by atoms with E-state index in [1.54, 1.807) is 13.0 Å². The fourth-order valence-corrected chi connectivity index (χ4v) is 7.20. The van der Waals surface area contributed by atoms with E-state index in [2.05, 4.69) is 0 Å². The first-order valence-electron chi connectivity index (χ1n) is 12.3. The molecule has 7 atom stereocenters. The van der Waals surface area contributed by atoms with Gasteiger partial charge in [0.15, 0.2) is 18.0 Å². The van der Waals surface area contributed by atoms with Crippen LogP contribution in [0.15, 0.2) is 23.8 Å². The standard InChI is InChI=1S/C25H31FO7.C2H4O/c1-14(27)32-13-20(30)25(31)21(33-15(2)28)12-19-18-6-5-16-11-17(29)7-8-22(16,3)24(18,26)10-9-23(19,25)4;1-2-3/h7-8,11,18-19,21,31H,5-6,9-10,12-13H2,1-4H3;2H,1H3. The van der Waals surface area contributed by atoms with Crippen molar-refractivity contribution < 1.29 is 42.9 Å². The molecule has 7 unspecified atom stereocenters. The fraction of sp³-hybridized carbons (Fsp3) is 0.667. The third-order valence-electron chi connectivity index (χ3n) is 9.00. The first-order chi connectivity index (χ1) is 16.7. The number of alkyl halides is 1. The van der Waals surface area contributed by atoms with Gasteiger partial charge in [0.2, 0.25) is 5.78 Å². The van der Waals surface area contributed by atoms with Gasteiger partial charge >= 0.3 is 11.9 Å². The van der Waals surface area contributed by atoms with Crippen LogP contribution in [0.1, 0.15) is 66.7 Å². The highest BCUT2D eigenvalue weighted by atomic mass is 19.1. The highest BCUT2D eigenvalue weighted by Crippen LogP contribution is 2.70. The number of carbonyl (C=O) groups is 5. The molecule has 4 rings (SSSR count). The Hall–Kier alpha value is -2.68. The Morgan fingerprint density at radius 3 is 2.39 bits per heavy atom. The predicted octanol–water partition coefficient (Wildman–Crippen LogP) is 3.00. The van der Waals surface area contributed by atoms with Gasteiger partial charge in [-0.25, -0.2) is 4.39 Å². The van der Waals surface area contributed by atoms with E-state index in [4.69, 9.17) is 14.3 Å². The van der Waals surface area contributed by atoms with E-state index >= 15 is 4.39 Å². The molecule has 0 aromatic heterocycles. The molecular weight excluding hydrogens is 471 g/mol. The van der Waals surface area contributed by atoms with E-state index in [1.807, 2.05) is 6.92 Å². The molecule has 0 amide bonds. The molecule has 0 aromatic rings. The lowest BCUT2D eigenvalue weighted by atomic mass is 9.45. The lowest BCUT2D eigenvalue weighted by molar-refractivity contribution is -0.196. The van der Waals surface area contributed by atoms with Crippen LogP contribution in [-0.4, -0.2) is 58.9 Å². The monoisotopic (exact) mass is 506 g/mol. The van der Waals surface area contributed by atoms with Crippen molar-refractivity contribution in [3.63, 3.8) is 0 Å². The third kappa shape index (κ3) is 4.05. The summed E-state index contributed by atoms with van der Waals surface area (Å²) in [5.74, 6) is -3.17. The van der Waals surface area contributed by atoms with Crippen molar-refractivity contribution in [2.45, 2.75) is 84.1 Å². The topological polar surface area (TPSA) is 124 Å². The van der Waals surface area contributed by atoms with Gasteiger partial charge in [0, 0.05) is 24.7 Å². The van der Waals surface area contributed by atoms with Crippen molar-refractivity contribution in [3.8, 4) is 0 Å². The Morgan fingerprint density at radius 1 is 1.17 bits per heavy atom. The van der Waals surface area contributed by atoms with Crippen LogP contribution in [0.5, 0.6) is 0 Å². The second kappa shape index (κ2) is 9.65. The van der Waals surface area contributed by atoms with Crippen LogP contribution in [-0.2, 0) is 33.4 Å². The molecule has 36 heavy (non-hydrogen) atoms. The highest BCUT2D eigenvalue weighted by Gasteiger charge is 2.74. The number of rotatable bonds is 4. The van der Waals surface area contributed by atoms with Crippen molar-refractivity contribution in [2.75, 3.05) is 6.61 Å². The molecule has 1 N–H and O–H groups in total. The second-order valence-corrected chi connectivity index (χ2v) is 10.7. The van der Waals surface area contributed by atoms with Gasteiger partial charge < -0.3 is 19.4 Å². The predicted molar refractivity (Wildman–Crippen MR) is 126 cm³/mol. The Balaban J connectivity index is 0.00000115. The number of ketones is 2. The molecule has 0 bridgehead atoms. The van der Waals surface area contributed by atoms with Gasteiger partial charge in [0.25, 0.3) is 0 Å². The van der Waals surface area contributed by atoms with Crippen LogP contribution < -0.4 is 0 Å². The number of hydrogen-bond acceptors (Lipinski definition) is 8. The van der Waals surface area contributed by atoms with Crippen molar-refractivity contribution in [3.05, 3.63) is 23.8 Å². The summed E-state index contributed by atoms with van der Waals surface area (Å²) in [7, 11) is 0. The molecule has 0 aromatic carbocycles. The molecule has 8 nitrogen and oxygen atoms in total. The van der Waals surface area contributed by atoms with Crippen LogP contribution in [0.3, 0.4) is 0 Å². The summed E-state index contributed by atoms with van der Waals surface area (Å²) in [5, 5.41) is 11.8. The average molecular weight is 507 g/mol. The van der Waals surface area contributed by atoms with E-state index in [0.29, 0.717) is 12.8 Å². The molecule has 3 fully saturated rings. The van der Waals surface area contributed by atoms with Crippen LogP contribution in [0, 0.1) is 22.7 Å². The van der Waals surface area contributed by atoms with E-state index in [0.717, 1.165) is 18.8 Å². The molecule has 0 heterocycles. The second-order valence-electron chi connectivity index (χ2n) is 10.7. The number of allylic oxidation sites excluding steroid dienone is 4. The molecule has 3 saturated carbocycles. The van der Waals surface area contributed by atoms with Crippen molar-refractivity contribution >= 4 is 29.8 Å². The minimum absolute atomic E-state index is 0.0764. The molecule has 0 spiro atoms. The first-order valence-corrected chi connectivity index (χ1v) is 12.3. The summed E-state index contributed by atoms with van der Waals surface area (Å²) in [6.45, 7) is 6.72. The van der Waals surface area contributed by atoms with Crippen molar-refractivity contribution in [1.29, 1.82) is 0 Å². The van der Waals surface area contributed by atoms with E-state index < -0.39 is 64.4 Å². The fourth-order valence-electron chi connectivity index (χ4n) is 7.20. The van der Waals surface area contributed by atoms with Gasteiger partial charge in [-0.05, 0) is 69.9 Å². The van der Waals surface area contributed by atoms with Gasteiger partial charge in [0.05, 0.1) is 0 Å². The number of esters is 2. The summed E-state index contributed by atoms with van der Waals surface area (Å²) in [4.78, 5) is 57.1. The molecular formula is C27H35FO8. The summed E-state index contributed by atoms with van der Waals surface area (Å²) >= 11 is 0. The maximum Gasteiger partial charge on any atom is 0.303 e. The normalized spacial score (nSPS) is 40.4. The quantitative estimate of drug-likeness (QED) is 0.456. The maximum absolute atomic E-state index is 17.0. The SMILES string of the molecule is CC(=O)OCC(=O)C1(O)C(OC(C)=O)CC2C3CCC4=CC(=O)C=CC4(C)C3(F)CCC21C.CC=O. The molecule has 0 saturated heterocycles. The number of fused-ring (bicyclic) bond motifs is 5. The van der Waals surface area contributed by atoms with E-state index in [1.165, 1.54) is 26.0 Å². The Kier molecular flexibility index (Phi) is 7.48. The lowest BCUT2D eigenvalue weighted by Crippen LogP contribution is -2.65. The Bertz CT molecular complexity index is 1030.